The first-order valence-electron chi connectivity index (χ1n) is 3.47. The van der Waals surface area contributed by atoms with Gasteiger partial charge >= 0.3 is 0 Å². The van der Waals surface area contributed by atoms with Gasteiger partial charge in [-0.3, -0.25) is 0 Å². The number of nitriles is 2. The summed E-state index contributed by atoms with van der Waals surface area (Å²) in [6.07, 6.45) is 1.40. The van der Waals surface area contributed by atoms with Crippen molar-refractivity contribution in [3.8, 4) is 12.1 Å². The van der Waals surface area contributed by atoms with E-state index >= 15 is 0 Å². The van der Waals surface area contributed by atoms with E-state index in [1.807, 2.05) is 13.8 Å². The Bertz CT molecular complexity index is 161. The molecular formula is C8H12N2. The van der Waals surface area contributed by atoms with E-state index in [1.165, 1.54) is 0 Å². The molecule has 54 valence electrons. The van der Waals surface area contributed by atoms with E-state index < -0.39 is 0 Å². The first kappa shape index (κ1) is 8.98. The van der Waals surface area contributed by atoms with Crippen molar-refractivity contribution in [3.63, 3.8) is 0 Å². The smallest absolute Gasteiger partial charge is 0.0652 e. The molecule has 0 aliphatic heterocycles. The summed E-state index contributed by atoms with van der Waals surface area (Å²) in [7, 11) is 0. The molecule has 2 unspecified atom stereocenters. The molecule has 0 fully saturated rings. The van der Waals surface area contributed by atoms with Gasteiger partial charge in [0.2, 0.25) is 0 Å². The fourth-order valence-corrected chi connectivity index (χ4v) is 0.895. The molecule has 0 aliphatic carbocycles. The minimum atomic E-state index is 0.0864. The molecule has 0 radical (unpaired) electrons. The second-order valence-corrected chi connectivity index (χ2v) is 2.73. The number of nitrogens with zero attached hydrogens (tertiary/aromatic N) is 2. The zero-order chi connectivity index (χ0) is 7.98. The van der Waals surface area contributed by atoms with E-state index in [0.717, 1.165) is 6.42 Å². The molecule has 0 heterocycles. The van der Waals surface area contributed by atoms with Crippen molar-refractivity contribution in [2.45, 2.75) is 26.7 Å². The molecule has 0 rings (SSSR count). The molecular weight excluding hydrogens is 124 g/mol. The minimum Gasteiger partial charge on any atom is -0.198 e. The second-order valence-electron chi connectivity index (χ2n) is 2.73. The van der Waals surface area contributed by atoms with Crippen molar-refractivity contribution in [3.05, 3.63) is 0 Å². The number of hydrogen-bond donors (Lipinski definition) is 0. The van der Waals surface area contributed by atoms with Gasteiger partial charge in [-0.1, -0.05) is 6.92 Å². The average Bonchev–Trinajstić information content (AvgIpc) is 1.88. The summed E-state index contributed by atoms with van der Waals surface area (Å²) >= 11 is 0. The van der Waals surface area contributed by atoms with E-state index in [4.69, 9.17) is 10.5 Å². The fourth-order valence-electron chi connectivity index (χ4n) is 0.895. The summed E-state index contributed by atoms with van der Waals surface area (Å²) in [5.41, 5.74) is 0. The van der Waals surface area contributed by atoms with Gasteiger partial charge in [0.15, 0.2) is 0 Å². The lowest BCUT2D eigenvalue weighted by Crippen LogP contribution is -1.99. The third-order valence-electron chi connectivity index (χ3n) is 1.42. The van der Waals surface area contributed by atoms with Gasteiger partial charge in [-0.15, -0.1) is 0 Å². The van der Waals surface area contributed by atoms with Crippen LogP contribution in [-0.2, 0) is 0 Å². The topological polar surface area (TPSA) is 47.6 Å². The Kier molecular flexibility index (Phi) is 4.33. The summed E-state index contributed by atoms with van der Waals surface area (Å²) in [6, 6.07) is 4.23. The summed E-state index contributed by atoms with van der Waals surface area (Å²) in [6.45, 7) is 3.88. The van der Waals surface area contributed by atoms with Crippen LogP contribution in [0.3, 0.4) is 0 Å². The van der Waals surface area contributed by atoms with Crippen molar-refractivity contribution >= 4 is 0 Å². The van der Waals surface area contributed by atoms with Crippen LogP contribution in [0.2, 0.25) is 0 Å². The molecule has 0 N–H and O–H groups in total. The van der Waals surface area contributed by atoms with Crippen LogP contribution >= 0.6 is 0 Å². The van der Waals surface area contributed by atoms with Crippen LogP contribution in [0.1, 0.15) is 26.7 Å². The first-order chi connectivity index (χ1) is 4.70. The molecule has 0 saturated heterocycles. The van der Waals surface area contributed by atoms with Crippen LogP contribution in [0.4, 0.5) is 0 Å². The Morgan fingerprint density at radius 2 is 1.90 bits per heavy atom. The Morgan fingerprint density at radius 1 is 1.30 bits per heavy atom. The first-order valence-corrected chi connectivity index (χ1v) is 3.47. The quantitative estimate of drug-likeness (QED) is 0.596. The van der Waals surface area contributed by atoms with E-state index in [2.05, 4.69) is 12.1 Å². The highest BCUT2D eigenvalue weighted by Gasteiger charge is 2.06. The van der Waals surface area contributed by atoms with E-state index in [9.17, 15) is 0 Å². The SMILES string of the molecule is CC(C#N)CC(C)CC#N. The van der Waals surface area contributed by atoms with Crippen LogP contribution in [0.25, 0.3) is 0 Å². The predicted octanol–water partition coefficient (Wildman–Crippen LogP) is 2.09. The van der Waals surface area contributed by atoms with E-state index in [-0.39, 0.29) is 5.92 Å². The van der Waals surface area contributed by atoms with Crippen molar-refractivity contribution in [1.82, 2.24) is 0 Å². The van der Waals surface area contributed by atoms with Crippen molar-refractivity contribution in [2.75, 3.05) is 0 Å². The van der Waals surface area contributed by atoms with Gasteiger partial charge in [-0.05, 0) is 19.3 Å². The maximum atomic E-state index is 8.42. The molecule has 0 aliphatic rings. The Hall–Kier alpha value is -1.02. The Labute approximate surface area is 62.1 Å². The lowest BCUT2D eigenvalue weighted by atomic mass is 9.96. The standard InChI is InChI=1S/C8H12N2/c1-7(3-4-9)5-8(2)6-10/h7-8H,3,5H2,1-2H3. The van der Waals surface area contributed by atoms with E-state index in [1.54, 1.807) is 0 Å². The molecule has 2 heteroatoms. The van der Waals surface area contributed by atoms with Gasteiger partial charge in [0.05, 0.1) is 12.1 Å². The molecule has 0 aromatic carbocycles. The van der Waals surface area contributed by atoms with Crippen LogP contribution in [0.5, 0.6) is 0 Å². The van der Waals surface area contributed by atoms with E-state index in [0.29, 0.717) is 12.3 Å². The maximum absolute atomic E-state index is 8.42. The van der Waals surface area contributed by atoms with Gasteiger partial charge in [-0.25, -0.2) is 0 Å². The summed E-state index contributed by atoms with van der Waals surface area (Å²) < 4.78 is 0. The van der Waals surface area contributed by atoms with Gasteiger partial charge in [0, 0.05) is 12.3 Å². The molecule has 0 saturated carbocycles. The Balaban J connectivity index is 3.51. The van der Waals surface area contributed by atoms with Gasteiger partial charge in [0.25, 0.3) is 0 Å². The highest BCUT2D eigenvalue weighted by Crippen LogP contribution is 2.13. The minimum absolute atomic E-state index is 0.0864. The van der Waals surface area contributed by atoms with Gasteiger partial charge in [-0.2, -0.15) is 10.5 Å². The monoisotopic (exact) mass is 136 g/mol. The molecule has 10 heavy (non-hydrogen) atoms. The predicted molar refractivity (Wildman–Crippen MR) is 38.8 cm³/mol. The normalized spacial score (nSPS) is 14.8. The third-order valence-corrected chi connectivity index (χ3v) is 1.42. The van der Waals surface area contributed by atoms with Crippen molar-refractivity contribution in [2.24, 2.45) is 11.8 Å². The molecule has 0 aromatic rings. The zero-order valence-corrected chi connectivity index (χ0v) is 6.46. The maximum Gasteiger partial charge on any atom is 0.0652 e. The second kappa shape index (κ2) is 4.82. The highest BCUT2D eigenvalue weighted by molar-refractivity contribution is 4.82. The number of rotatable bonds is 3. The van der Waals surface area contributed by atoms with Crippen LogP contribution in [0, 0.1) is 34.5 Å². The van der Waals surface area contributed by atoms with Gasteiger partial charge < -0.3 is 0 Å². The van der Waals surface area contributed by atoms with Gasteiger partial charge in [0.1, 0.15) is 0 Å². The average molecular weight is 136 g/mol. The summed E-state index contributed by atoms with van der Waals surface area (Å²) in [5, 5.41) is 16.7. The van der Waals surface area contributed by atoms with Crippen molar-refractivity contribution in [1.29, 1.82) is 10.5 Å². The third kappa shape index (κ3) is 3.92. The highest BCUT2D eigenvalue weighted by atomic mass is 14.3. The molecule has 0 amide bonds. The van der Waals surface area contributed by atoms with Crippen molar-refractivity contribution < 1.29 is 0 Å². The molecule has 0 spiro atoms. The van der Waals surface area contributed by atoms with Crippen LogP contribution in [0.15, 0.2) is 0 Å². The molecule has 2 atom stereocenters. The van der Waals surface area contributed by atoms with Crippen LogP contribution in [-0.4, -0.2) is 0 Å². The summed E-state index contributed by atoms with van der Waals surface area (Å²) in [5.74, 6) is 0.447. The lowest BCUT2D eigenvalue weighted by molar-refractivity contribution is 0.481. The zero-order valence-electron chi connectivity index (χ0n) is 6.46. The summed E-state index contributed by atoms with van der Waals surface area (Å²) in [4.78, 5) is 0. The fraction of sp³-hybridized carbons (Fsp3) is 0.750. The number of hydrogen-bond acceptors (Lipinski definition) is 2. The largest absolute Gasteiger partial charge is 0.198 e. The molecule has 0 bridgehead atoms. The molecule has 0 aromatic heterocycles. The molecule has 2 nitrogen and oxygen atoms in total. The Morgan fingerprint density at radius 3 is 2.30 bits per heavy atom. The lowest BCUT2D eigenvalue weighted by Gasteiger charge is -2.06. The van der Waals surface area contributed by atoms with Crippen LogP contribution < -0.4 is 0 Å².